The second-order valence-corrected chi connectivity index (χ2v) is 5.13. The Morgan fingerprint density at radius 3 is 2.62 bits per heavy atom. The minimum atomic E-state index is -0.495. The van der Waals surface area contributed by atoms with Gasteiger partial charge < -0.3 is 5.32 Å². The molecule has 2 rings (SSSR count). The predicted molar refractivity (Wildman–Crippen MR) is 80.9 cm³/mol. The lowest BCUT2D eigenvalue weighted by Crippen LogP contribution is -2.06. The molecule has 0 fully saturated rings. The highest BCUT2D eigenvalue weighted by Gasteiger charge is 2.14. The van der Waals surface area contributed by atoms with Gasteiger partial charge in [0.2, 0.25) is 0 Å². The van der Waals surface area contributed by atoms with E-state index in [9.17, 15) is 14.5 Å². The number of anilines is 1. The largest absolute Gasteiger partial charge is 0.380 e. The van der Waals surface area contributed by atoms with E-state index in [4.69, 9.17) is 0 Å². The molecule has 1 N–H and O–H groups in total. The van der Waals surface area contributed by atoms with Crippen LogP contribution in [-0.2, 0) is 6.54 Å². The Bertz CT molecular complexity index is 656. The van der Waals surface area contributed by atoms with Gasteiger partial charge in [0.05, 0.1) is 10.5 Å². The fourth-order valence-corrected chi connectivity index (χ4v) is 2.23. The van der Waals surface area contributed by atoms with Gasteiger partial charge in [-0.1, -0.05) is 32.0 Å². The zero-order valence-corrected chi connectivity index (χ0v) is 12.0. The van der Waals surface area contributed by atoms with Crippen LogP contribution in [0.3, 0.4) is 0 Å². The van der Waals surface area contributed by atoms with Crippen molar-refractivity contribution in [2.45, 2.75) is 26.3 Å². The summed E-state index contributed by atoms with van der Waals surface area (Å²) in [5, 5.41) is 14.1. The maximum atomic E-state index is 13.3. The first kappa shape index (κ1) is 15.0. The maximum Gasteiger partial charge on any atom is 0.274 e. The lowest BCUT2D eigenvalue weighted by molar-refractivity contribution is -0.385. The van der Waals surface area contributed by atoms with Crippen molar-refractivity contribution in [1.82, 2.24) is 0 Å². The zero-order valence-electron chi connectivity index (χ0n) is 12.0. The number of hydrogen-bond donors (Lipinski definition) is 1. The number of nitro benzene ring substituents is 1. The minimum Gasteiger partial charge on any atom is -0.380 e. The summed E-state index contributed by atoms with van der Waals surface area (Å²) in [4.78, 5) is 10.5. The molecule has 0 aliphatic rings. The number of benzene rings is 2. The van der Waals surface area contributed by atoms with Crippen LogP contribution in [0.2, 0.25) is 0 Å². The van der Waals surface area contributed by atoms with E-state index in [2.05, 4.69) is 19.2 Å². The smallest absolute Gasteiger partial charge is 0.274 e. The number of hydrogen-bond acceptors (Lipinski definition) is 3. The van der Waals surface area contributed by atoms with Gasteiger partial charge in [-0.2, -0.15) is 0 Å². The number of para-hydroxylation sites is 1. The van der Waals surface area contributed by atoms with E-state index in [1.54, 1.807) is 0 Å². The molecule has 0 saturated carbocycles. The standard InChI is InChI=1S/C16H17FN2O2/c1-11(2)14-5-3-4-6-15(14)18-10-12-9-13(17)7-8-16(12)19(20)21/h3-9,11,18H,10H2,1-2H3. The summed E-state index contributed by atoms with van der Waals surface area (Å²) in [7, 11) is 0. The van der Waals surface area contributed by atoms with Gasteiger partial charge in [-0.25, -0.2) is 4.39 Å². The summed E-state index contributed by atoms with van der Waals surface area (Å²) in [5.74, 6) is -0.147. The molecule has 0 aliphatic carbocycles. The number of nitrogens with zero attached hydrogens (tertiary/aromatic N) is 1. The van der Waals surface area contributed by atoms with Gasteiger partial charge in [-0.15, -0.1) is 0 Å². The normalized spacial score (nSPS) is 10.7. The van der Waals surface area contributed by atoms with Crippen molar-refractivity contribution < 1.29 is 9.31 Å². The van der Waals surface area contributed by atoms with Crippen LogP contribution in [0.4, 0.5) is 15.8 Å². The van der Waals surface area contributed by atoms with Crippen molar-refractivity contribution >= 4 is 11.4 Å². The van der Waals surface area contributed by atoms with E-state index in [1.807, 2.05) is 24.3 Å². The maximum absolute atomic E-state index is 13.3. The molecule has 110 valence electrons. The fraction of sp³-hybridized carbons (Fsp3) is 0.250. The van der Waals surface area contributed by atoms with E-state index in [1.165, 1.54) is 12.1 Å². The predicted octanol–water partition coefficient (Wildman–Crippen LogP) is 4.47. The van der Waals surface area contributed by atoms with E-state index >= 15 is 0 Å². The first-order chi connectivity index (χ1) is 9.99. The summed E-state index contributed by atoms with van der Waals surface area (Å²) in [6, 6.07) is 11.3. The molecule has 2 aromatic rings. The van der Waals surface area contributed by atoms with Crippen LogP contribution in [0, 0.1) is 15.9 Å². The van der Waals surface area contributed by atoms with Crippen molar-refractivity contribution in [2.24, 2.45) is 0 Å². The van der Waals surface area contributed by atoms with Gasteiger partial charge in [-0.3, -0.25) is 10.1 Å². The average molecular weight is 288 g/mol. The van der Waals surface area contributed by atoms with Crippen LogP contribution in [0.5, 0.6) is 0 Å². The van der Waals surface area contributed by atoms with Crippen LogP contribution in [0.15, 0.2) is 42.5 Å². The van der Waals surface area contributed by atoms with E-state index < -0.39 is 10.7 Å². The Morgan fingerprint density at radius 1 is 1.24 bits per heavy atom. The topological polar surface area (TPSA) is 55.2 Å². The summed E-state index contributed by atoms with van der Waals surface area (Å²) >= 11 is 0. The third-order valence-corrected chi connectivity index (χ3v) is 3.29. The SMILES string of the molecule is CC(C)c1ccccc1NCc1cc(F)ccc1[N+](=O)[O-]. The van der Waals surface area contributed by atoms with Crippen LogP contribution < -0.4 is 5.32 Å². The highest BCUT2D eigenvalue weighted by Crippen LogP contribution is 2.26. The molecule has 0 bridgehead atoms. The van der Waals surface area contributed by atoms with Gasteiger partial charge >= 0.3 is 0 Å². The van der Waals surface area contributed by atoms with Crippen molar-refractivity contribution in [3.63, 3.8) is 0 Å². The van der Waals surface area contributed by atoms with Gasteiger partial charge in [-0.05, 0) is 29.7 Å². The monoisotopic (exact) mass is 288 g/mol. The first-order valence-corrected chi connectivity index (χ1v) is 6.74. The Morgan fingerprint density at radius 2 is 1.95 bits per heavy atom. The minimum absolute atomic E-state index is 0.0778. The lowest BCUT2D eigenvalue weighted by Gasteiger charge is -2.14. The third-order valence-electron chi connectivity index (χ3n) is 3.29. The number of nitrogens with one attached hydrogen (secondary N) is 1. The number of halogens is 1. The Hall–Kier alpha value is -2.43. The Kier molecular flexibility index (Phi) is 4.52. The second kappa shape index (κ2) is 6.35. The number of rotatable bonds is 5. The van der Waals surface area contributed by atoms with Crippen molar-refractivity contribution in [3.05, 3.63) is 69.5 Å². The van der Waals surface area contributed by atoms with Crippen molar-refractivity contribution in [2.75, 3.05) is 5.32 Å². The Balaban J connectivity index is 2.25. The zero-order chi connectivity index (χ0) is 15.4. The molecule has 0 saturated heterocycles. The second-order valence-electron chi connectivity index (χ2n) is 5.13. The van der Waals surface area contributed by atoms with Crippen molar-refractivity contribution in [3.8, 4) is 0 Å². The number of nitro groups is 1. The molecule has 0 aromatic heterocycles. The molecular formula is C16H17FN2O2. The van der Waals surface area contributed by atoms with Crippen LogP contribution >= 0.6 is 0 Å². The van der Waals surface area contributed by atoms with Gasteiger partial charge in [0.25, 0.3) is 5.69 Å². The summed E-state index contributed by atoms with van der Waals surface area (Å²) in [5.41, 5.74) is 2.28. The van der Waals surface area contributed by atoms with Gasteiger partial charge in [0.15, 0.2) is 0 Å². The molecular weight excluding hydrogens is 271 g/mol. The van der Waals surface area contributed by atoms with E-state index in [-0.39, 0.29) is 12.2 Å². The van der Waals surface area contributed by atoms with E-state index in [0.29, 0.717) is 11.5 Å². The molecule has 0 spiro atoms. The molecule has 0 unspecified atom stereocenters. The third kappa shape index (κ3) is 3.56. The molecule has 4 nitrogen and oxygen atoms in total. The van der Waals surface area contributed by atoms with Crippen LogP contribution in [0.1, 0.15) is 30.9 Å². The molecule has 5 heteroatoms. The van der Waals surface area contributed by atoms with E-state index in [0.717, 1.165) is 17.3 Å². The fourth-order valence-electron chi connectivity index (χ4n) is 2.23. The van der Waals surface area contributed by atoms with Crippen molar-refractivity contribution in [1.29, 1.82) is 0 Å². The Labute approximate surface area is 122 Å². The molecule has 0 amide bonds. The molecule has 21 heavy (non-hydrogen) atoms. The molecule has 2 aromatic carbocycles. The first-order valence-electron chi connectivity index (χ1n) is 6.74. The molecule has 0 radical (unpaired) electrons. The highest BCUT2D eigenvalue weighted by atomic mass is 19.1. The van der Waals surface area contributed by atoms with Gasteiger partial charge in [0, 0.05) is 18.3 Å². The highest BCUT2D eigenvalue weighted by molar-refractivity contribution is 5.54. The van der Waals surface area contributed by atoms with Crippen LogP contribution in [-0.4, -0.2) is 4.92 Å². The molecule has 0 aliphatic heterocycles. The summed E-state index contributed by atoms with van der Waals surface area (Å²) in [6.45, 7) is 4.36. The van der Waals surface area contributed by atoms with Gasteiger partial charge in [0.1, 0.15) is 5.82 Å². The summed E-state index contributed by atoms with van der Waals surface area (Å²) in [6.07, 6.45) is 0. The molecule has 0 heterocycles. The average Bonchev–Trinajstić information content (AvgIpc) is 2.45. The quantitative estimate of drug-likeness (QED) is 0.652. The van der Waals surface area contributed by atoms with Crippen LogP contribution in [0.25, 0.3) is 0 Å². The lowest BCUT2D eigenvalue weighted by atomic mass is 10.0. The molecule has 0 atom stereocenters. The summed E-state index contributed by atoms with van der Waals surface area (Å²) < 4.78 is 13.3.